The molecule has 1 amide bonds. The number of ether oxygens (including phenoxy) is 1. The summed E-state index contributed by atoms with van der Waals surface area (Å²) in [6.07, 6.45) is 0. The summed E-state index contributed by atoms with van der Waals surface area (Å²) in [6.45, 7) is 7.36. The number of amides is 1. The Kier molecular flexibility index (Phi) is 7.83. The Hall–Kier alpha value is -2.12. The Morgan fingerprint density at radius 1 is 1.14 bits per heavy atom. The van der Waals surface area contributed by atoms with Crippen LogP contribution in [0.1, 0.15) is 42.9 Å². The van der Waals surface area contributed by atoms with E-state index >= 15 is 0 Å². The molecule has 0 aliphatic carbocycles. The van der Waals surface area contributed by atoms with Crippen molar-refractivity contribution < 1.29 is 19.1 Å². The van der Waals surface area contributed by atoms with E-state index in [2.05, 4.69) is 5.32 Å². The standard InChI is InChI=1S/C21H25NO4S2/c1-14(19(24)22-12-15-8-7-11-27-15)28-17-10-6-5-9-16(17)20(25)26-13-18(23)21(2,3)4/h5-11,14H,12-13H2,1-4H3,(H,22,24)/t14-/m0/s1. The van der Waals surface area contributed by atoms with Crippen LogP contribution in [0.15, 0.2) is 46.7 Å². The number of hydrogen-bond acceptors (Lipinski definition) is 6. The molecule has 150 valence electrons. The van der Waals surface area contributed by atoms with E-state index in [1.165, 1.54) is 11.8 Å². The summed E-state index contributed by atoms with van der Waals surface area (Å²) in [5.41, 5.74) is -0.212. The number of esters is 1. The molecule has 0 unspecified atom stereocenters. The van der Waals surface area contributed by atoms with E-state index in [0.29, 0.717) is 17.0 Å². The first kappa shape index (κ1) is 22.2. The maximum absolute atomic E-state index is 12.4. The first-order chi connectivity index (χ1) is 13.2. The summed E-state index contributed by atoms with van der Waals surface area (Å²) in [7, 11) is 0. The van der Waals surface area contributed by atoms with Crippen molar-refractivity contribution in [3.63, 3.8) is 0 Å². The van der Waals surface area contributed by atoms with Crippen LogP contribution in [0.25, 0.3) is 0 Å². The first-order valence-electron chi connectivity index (χ1n) is 8.94. The van der Waals surface area contributed by atoms with Crippen molar-refractivity contribution in [2.24, 2.45) is 5.41 Å². The Bertz CT molecular complexity index is 825. The highest BCUT2D eigenvalue weighted by atomic mass is 32.2. The molecule has 0 aliphatic rings. The monoisotopic (exact) mass is 419 g/mol. The molecule has 0 aliphatic heterocycles. The molecule has 0 saturated carbocycles. The predicted octanol–water partition coefficient (Wildman–Crippen LogP) is 4.32. The van der Waals surface area contributed by atoms with Gasteiger partial charge in [-0.2, -0.15) is 0 Å². The molecular formula is C21H25NO4S2. The van der Waals surface area contributed by atoms with Crippen LogP contribution in [-0.4, -0.2) is 29.5 Å². The Balaban J connectivity index is 1.97. The first-order valence-corrected chi connectivity index (χ1v) is 10.7. The van der Waals surface area contributed by atoms with Gasteiger partial charge in [-0.25, -0.2) is 4.79 Å². The SMILES string of the molecule is C[C@H](Sc1ccccc1C(=O)OCC(=O)C(C)(C)C)C(=O)NCc1cccs1. The number of hydrogen-bond donors (Lipinski definition) is 1. The number of carbonyl (C=O) groups excluding carboxylic acids is 3. The van der Waals surface area contributed by atoms with Crippen molar-refractivity contribution in [2.75, 3.05) is 6.61 Å². The molecule has 7 heteroatoms. The van der Waals surface area contributed by atoms with E-state index in [-0.39, 0.29) is 23.5 Å². The van der Waals surface area contributed by atoms with Crippen molar-refractivity contribution in [3.05, 3.63) is 52.2 Å². The molecule has 0 fully saturated rings. The molecule has 1 aromatic carbocycles. The molecule has 0 radical (unpaired) electrons. The molecule has 0 saturated heterocycles. The van der Waals surface area contributed by atoms with Crippen LogP contribution in [0.3, 0.4) is 0 Å². The van der Waals surface area contributed by atoms with Crippen LogP contribution in [0.2, 0.25) is 0 Å². The molecule has 0 spiro atoms. The van der Waals surface area contributed by atoms with E-state index < -0.39 is 11.4 Å². The highest BCUT2D eigenvalue weighted by Crippen LogP contribution is 2.28. The Morgan fingerprint density at radius 3 is 2.50 bits per heavy atom. The number of nitrogens with one attached hydrogen (secondary N) is 1. The van der Waals surface area contributed by atoms with Gasteiger partial charge in [0, 0.05) is 15.2 Å². The zero-order chi connectivity index (χ0) is 20.7. The lowest BCUT2D eigenvalue weighted by Crippen LogP contribution is -2.30. The molecule has 2 rings (SSSR count). The molecule has 1 N–H and O–H groups in total. The van der Waals surface area contributed by atoms with Gasteiger partial charge in [-0.1, -0.05) is 39.0 Å². The molecule has 5 nitrogen and oxygen atoms in total. The second-order valence-corrected chi connectivity index (χ2v) is 9.72. The molecular weight excluding hydrogens is 394 g/mol. The molecule has 2 aromatic rings. The molecule has 1 atom stereocenters. The largest absolute Gasteiger partial charge is 0.454 e. The molecule has 1 aromatic heterocycles. The Morgan fingerprint density at radius 2 is 1.86 bits per heavy atom. The van der Waals surface area contributed by atoms with Gasteiger partial charge in [0.1, 0.15) is 0 Å². The maximum atomic E-state index is 12.4. The van der Waals surface area contributed by atoms with Crippen LogP contribution in [-0.2, 0) is 20.9 Å². The highest BCUT2D eigenvalue weighted by Gasteiger charge is 2.24. The zero-order valence-electron chi connectivity index (χ0n) is 16.5. The Labute approximate surface area is 173 Å². The van der Waals surface area contributed by atoms with E-state index in [9.17, 15) is 14.4 Å². The van der Waals surface area contributed by atoms with Gasteiger partial charge in [-0.3, -0.25) is 9.59 Å². The smallest absolute Gasteiger partial charge is 0.339 e. The summed E-state index contributed by atoms with van der Waals surface area (Å²) in [5.74, 6) is -0.816. The second kappa shape index (κ2) is 9.89. The summed E-state index contributed by atoms with van der Waals surface area (Å²) in [4.78, 5) is 38.5. The van der Waals surface area contributed by atoms with Gasteiger partial charge < -0.3 is 10.1 Å². The van der Waals surface area contributed by atoms with Crippen LogP contribution >= 0.6 is 23.1 Å². The summed E-state index contributed by atoms with van der Waals surface area (Å²) in [5, 5.41) is 4.48. The van der Waals surface area contributed by atoms with Gasteiger partial charge in [0.05, 0.1) is 17.4 Å². The van der Waals surface area contributed by atoms with E-state index in [0.717, 1.165) is 4.88 Å². The molecule has 1 heterocycles. The number of thioether (sulfide) groups is 1. The van der Waals surface area contributed by atoms with Gasteiger partial charge in [0.25, 0.3) is 0 Å². The topological polar surface area (TPSA) is 72.5 Å². The molecule has 28 heavy (non-hydrogen) atoms. The number of Topliss-reactive ketones (excluding diaryl/α,β-unsaturated/α-hetero) is 1. The second-order valence-electron chi connectivity index (χ2n) is 7.30. The van der Waals surface area contributed by atoms with Crippen molar-refractivity contribution >= 4 is 40.8 Å². The van der Waals surface area contributed by atoms with E-state index in [4.69, 9.17) is 4.74 Å². The third-order valence-electron chi connectivity index (χ3n) is 3.97. The van der Waals surface area contributed by atoms with Gasteiger partial charge >= 0.3 is 5.97 Å². The number of ketones is 1. The van der Waals surface area contributed by atoms with Crippen molar-refractivity contribution in [1.82, 2.24) is 5.32 Å². The zero-order valence-corrected chi connectivity index (χ0v) is 18.1. The number of thiophene rings is 1. The minimum Gasteiger partial charge on any atom is -0.454 e. The third-order valence-corrected chi connectivity index (χ3v) is 6.02. The van der Waals surface area contributed by atoms with Crippen molar-refractivity contribution in [3.8, 4) is 0 Å². The molecule has 0 bridgehead atoms. The fourth-order valence-electron chi connectivity index (χ4n) is 2.14. The number of rotatable bonds is 8. The fraction of sp³-hybridized carbons (Fsp3) is 0.381. The minimum atomic E-state index is -0.566. The normalized spacial score (nSPS) is 12.3. The predicted molar refractivity (Wildman–Crippen MR) is 113 cm³/mol. The lowest BCUT2D eigenvalue weighted by molar-refractivity contribution is -0.129. The van der Waals surface area contributed by atoms with Gasteiger partial charge in [0.2, 0.25) is 5.91 Å². The van der Waals surface area contributed by atoms with Gasteiger partial charge in [-0.05, 0) is 30.5 Å². The van der Waals surface area contributed by atoms with Crippen molar-refractivity contribution in [1.29, 1.82) is 0 Å². The summed E-state index contributed by atoms with van der Waals surface area (Å²) >= 11 is 2.88. The lowest BCUT2D eigenvalue weighted by Gasteiger charge is -2.17. The van der Waals surface area contributed by atoms with Gasteiger partial charge in [0.15, 0.2) is 12.4 Å². The van der Waals surface area contributed by atoms with E-state index in [1.807, 2.05) is 17.5 Å². The summed E-state index contributed by atoms with van der Waals surface area (Å²) in [6, 6.07) is 10.9. The quantitative estimate of drug-likeness (QED) is 0.510. The van der Waals surface area contributed by atoms with Crippen LogP contribution < -0.4 is 5.32 Å². The lowest BCUT2D eigenvalue weighted by atomic mass is 9.91. The average Bonchev–Trinajstić information content (AvgIpc) is 3.17. The third kappa shape index (κ3) is 6.49. The van der Waals surface area contributed by atoms with Crippen LogP contribution in [0.5, 0.6) is 0 Å². The minimum absolute atomic E-state index is 0.107. The summed E-state index contributed by atoms with van der Waals surface area (Å²) < 4.78 is 5.19. The maximum Gasteiger partial charge on any atom is 0.339 e. The van der Waals surface area contributed by atoms with Crippen LogP contribution in [0, 0.1) is 5.41 Å². The van der Waals surface area contributed by atoms with Crippen molar-refractivity contribution in [2.45, 2.75) is 44.4 Å². The fourth-order valence-corrected chi connectivity index (χ4v) is 3.79. The van der Waals surface area contributed by atoms with Crippen LogP contribution in [0.4, 0.5) is 0 Å². The average molecular weight is 420 g/mol. The van der Waals surface area contributed by atoms with Gasteiger partial charge in [-0.15, -0.1) is 23.1 Å². The highest BCUT2D eigenvalue weighted by molar-refractivity contribution is 8.00. The number of carbonyl (C=O) groups is 3. The number of benzene rings is 1. The van der Waals surface area contributed by atoms with E-state index in [1.54, 1.807) is 63.3 Å².